The highest BCUT2D eigenvalue weighted by molar-refractivity contribution is 6.35. The largest absolute Gasteiger partial charge is 0.339 e. The van der Waals surface area contributed by atoms with Crippen LogP contribution in [0.25, 0.3) is 0 Å². The summed E-state index contributed by atoms with van der Waals surface area (Å²) in [5.74, 6) is 0.0355. The lowest BCUT2D eigenvalue weighted by Crippen LogP contribution is -2.31. The number of aromatic nitrogens is 2. The number of rotatable bonds is 4. The highest BCUT2D eigenvalue weighted by Gasteiger charge is 2.23. The Kier molecular flexibility index (Phi) is 5.16. The van der Waals surface area contributed by atoms with Crippen LogP contribution in [0, 0.1) is 0 Å². The van der Waals surface area contributed by atoms with Crippen LogP contribution in [0.2, 0.25) is 10.0 Å². The average molecular weight is 366 g/mol. The lowest BCUT2D eigenvalue weighted by molar-refractivity contribution is -0.131. The maximum absolute atomic E-state index is 12.7. The van der Waals surface area contributed by atoms with Crippen LogP contribution in [-0.2, 0) is 24.1 Å². The van der Waals surface area contributed by atoms with Crippen molar-refractivity contribution in [1.82, 2.24) is 15.1 Å². The van der Waals surface area contributed by atoms with Gasteiger partial charge < -0.3 is 4.90 Å². The highest BCUT2D eigenvalue weighted by atomic mass is 35.5. The lowest BCUT2D eigenvalue weighted by atomic mass is 9.95. The lowest BCUT2D eigenvalue weighted by Gasteiger charge is -2.26. The van der Waals surface area contributed by atoms with Gasteiger partial charge in [0, 0.05) is 22.8 Å². The minimum atomic E-state index is -0.128. The van der Waals surface area contributed by atoms with Crippen molar-refractivity contribution in [3.05, 3.63) is 50.8 Å². The summed E-state index contributed by atoms with van der Waals surface area (Å²) >= 11 is 12.2. The van der Waals surface area contributed by atoms with E-state index in [4.69, 9.17) is 23.2 Å². The zero-order chi connectivity index (χ0) is 17.3. The summed E-state index contributed by atoms with van der Waals surface area (Å²) in [6.45, 7) is 1.97. The summed E-state index contributed by atoms with van der Waals surface area (Å²) in [7, 11) is 1.80. The number of halogens is 2. The Bertz CT molecular complexity index is 757. The summed E-state index contributed by atoms with van der Waals surface area (Å²) < 4.78 is 0. The summed E-state index contributed by atoms with van der Waals surface area (Å²) in [6, 6.07) is 5.24. The SMILES string of the molecule is CC(c1ccc(Cl)cc1Cl)N(C)C(=O)Cc1n[nH]c2c1CCCC2. The van der Waals surface area contributed by atoms with Gasteiger partial charge >= 0.3 is 0 Å². The molecule has 0 radical (unpaired) electrons. The molecule has 1 aliphatic rings. The van der Waals surface area contributed by atoms with E-state index in [0.29, 0.717) is 16.5 Å². The van der Waals surface area contributed by atoms with Crippen molar-refractivity contribution in [3.63, 3.8) is 0 Å². The number of aryl methyl sites for hydroxylation is 1. The Labute approximate surface area is 152 Å². The predicted molar refractivity (Wildman–Crippen MR) is 96.6 cm³/mol. The van der Waals surface area contributed by atoms with E-state index in [1.54, 1.807) is 24.1 Å². The first-order chi connectivity index (χ1) is 11.5. The first-order valence-electron chi connectivity index (χ1n) is 8.23. The van der Waals surface area contributed by atoms with Crippen molar-refractivity contribution in [3.8, 4) is 0 Å². The molecule has 1 heterocycles. The number of fused-ring (bicyclic) bond motifs is 1. The normalized spacial score (nSPS) is 15.0. The van der Waals surface area contributed by atoms with Crippen molar-refractivity contribution in [1.29, 1.82) is 0 Å². The Balaban J connectivity index is 1.73. The Morgan fingerprint density at radius 3 is 2.83 bits per heavy atom. The maximum Gasteiger partial charge on any atom is 0.228 e. The number of benzene rings is 1. The summed E-state index contributed by atoms with van der Waals surface area (Å²) in [5, 5.41) is 8.62. The number of hydrogen-bond donors (Lipinski definition) is 1. The van der Waals surface area contributed by atoms with Crippen molar-refractivity contribution in [2.75, 3.05) is 7.05 Å². The van der Waals surface area contributed by atoms with Crippen molar-refractivity contribution in [2.45, 2.75) is 45.1 Å². The molecule has 1 amide bonds. The van der Waals surface area contributed by atoms with Crippen LogP contribution in [0.3, 0.4) is 0 Å². The number of amides is 1. The van der Waals surface area contributed by atoms with Gasteiger partial charge in [0.05, 0.1) is 18.2 Å². The fourth-order valence-electron chi connectivity index (χ4n) is 3.23. The molecular weight excluding hydrogens is 345 g/mol. The van der Waals surface area contributed by atoms with Crippen LogP contribution in [0.15, 0.2) is 18.2 Å². The van der Waals surface area contributed by atoms with Crippen LogP contribution in [0.5, 0.6) is 0 Å². The predicted octanol–water partition coefficient (Wildman–Crippen LogP) is 4.36. The van der Waals surface area contributed by atoms with Crippen molar-refractivity contribution < 1.29 is 4.79 Å². The number of aromatic amines is 1. The Morgan fingerprint density at radius 1 is 1.33 bits per heavy atom. The van der Waals surface area contributed by atoms with E-state index >= 15 is 0 Å². The first-order valence-corrected chi connectivity index (χ1v) is 8.98. The van der Waals surface area contributed by atoms with E-state index in [1.165, 1.54) is 24.1 Å². The maximum atomic E-state index is 12.7. The average Bonchev–Trinajstić information content (AvgIpc) is 2.97. The Morgan fingerprint density at radius 2 is 2.08 bits per heavy atom. The number of carbonyl (C=O) groups is 1. The minimum Gasteiger partial charge on any atom is -0.339 e. The molecule has 1 aromatic heterocycles. The van der Waals surface area contributed by atoms with E-state index in [0.717, 1.165) is 24.1 Å². The third-order valence-electron chi connectivity index (χ3n) is 4.85. The van der Waals surface area contributed by atoms with Crippen LogP contribution in [-0.4, -0.2) is 28.1 Å². The van der Waals surface area contributed by atoms with Gasteiger partial charge in [0.2, 0.25) is 5.91 Å². The zero-order valence-electron chi connectivity index (χ0n) is 13.9. The third kappa shape index (κ3) is 3.45. The third-order valence-corrected chi connectivity index (χ3v) is 5.41. The van der Waals surface area contributed by atoms with Gasteiger partial charge in [0.15, 0.2) is 0 Å². The molecule has 4 nitrogen and oxygen atoms in total. The number of carbonyl (C=O) groups excluding carboxylic acids is 1. The molecule has 0 saturated heterocycles. The van der Waals surface area contributed by atoms with E-state index < -0.39 is 0 Å². The fraction of sp³-hybridized carbons (Fsp3) is 0.444. The highest BCUT2D eigenvalue weighted by Crippen LogP contribution is 2.30. The summed E-state index contributed by atoms with van der Waals surface area (Å²) in [4.78, 5) is 14.4. The molecule has 1 aliphatic carbocycles. The molecule has 0 saturated carbocycles. The molecule has 0 aliphatic heterocycles. The van der Waals surface area contributed by atoms with Gasteiger partial charge in [0.25, 0.3) is 0 Å². The van der Waals surface area contributed by atoms with E-state index in [-0.39, 0.29) is 11.9 Å². The molecule has 0 bridgehead atoms. The van der Waals surface area contributed by atoms with Crippen LogP contribution >= 0.6 is 23.2 Å². The standard InChI is InChI=1S/C18H21Cl2N3O/c1-11(13-8-7-12(19)9-15(13)20)23(2)18(24)10-17-14-5-3-4-6-16(14)21-22-17/h7-9,11H,3-6,10H2,1-2H3,(H,21,22). The van der Waals surface area contributed by atoms with Crippen LogP contribution < -0.4 is 0 Å². The van der Waals surface area contributed by atoms with Gasteiger partial charge in [0.1, 0.15) is 0 Å². The van der Waals surface area contributed by atoms with Gasteiger partial charge in [-0.1, -0.05) is 29.3 Å². The zero-order valence-corrected chi connectivity index (χ0v) is 15.4. The van der Waals surface area contributed by atoms with Crippen LogP contribution in [0.4, 0.5) is 0 Å². The number of hydrogen-bond acceptors (Lipinski definition) is 2. The fourth-order valence-corrected chi connectivity index (χ4v) is 3.80. The number of nitrogens with one attached hydrogen (secondary N) is 1. The van der Waals surface area contributed by atoms with Crippen LogP contribution in [0.1, 0.15) is 48.3 Å². The van der Waals surface area contributed by atoms with Gasteiger partial charge in [-0.3, -0.25) is 9.89 Å². The first kappa shape index (κ1) is 17.3. The molecule has 0 spiro atoms. The molecule has 24 heavy (non-hydrogen) atoms. The van der Waals surface area contributed by atoms with E-state index in [2.05, 4.69) is 10.2 Å². The number of nitrogens with zero attached hydrogens (tertiary/aromatic N) is 2. The second kappa shape index (κ2) is 7.16. The molecule has 2 aromatic rings. The second-order valence-electron chi connectivity index (χ2n) is 6.36. The molecule has 1 N–H and O–H groups in total. The molecule has 1 aromatic carbocycles. The van der Waals surface area contributed by atoms with Gasteiger partial charge in [-0.05, 0) is 55.9 Å². The summed E-state index contributed by atoms with van der Waals surface area (Å²) in [6.07, 6.45) is 4.71. The molecular formula is C18H21Cl2N3O. The Hall–Kier alpha value is -1.52. The van der Waals surface area contributed by atoms with Crippen molar-refractivity contribution >= 4 is 29.1 Å². The topological polar surface area (TPSA) is 49.0 Å². The van der Waals surface area contributed by atoms with Gasteiger partial charge in [-0.2, -0.15) is 5.10 Å². The smallest absolute Gasteiger partial charge is 0.228 e. The van der Waals surface area contributed by atoms with Crippen molar-refractivity contribution in [2.24, 2.45) is 0 Å². The van der Waals surface area contributed by atoms with Gasteiger partial charge in [-0.15, -0.1) is 0 Å². The molecule has 6 heteroatoms. The second-order valence-corrected chi connectivity index (χ2v) is 7.20. The quantitative estimate of drug-likeness (QED) is 0.874. The minimum absolute atomic E-state index is 0.0355. The van der Waals surface area contributed by atoms with Gasteiger partial charge in [-0.25, -0.2) is 0 Å². The molecule has 1 atom stereocenters. The van der Waals surface area contributed by atoms with E-state index in [1.807, 2.05) is 13.0 Å². The monoisotopic (exact) mass is 365 g/mol. The molecule has 1 unspecified atom stereocenters. The number of H-pyrrole nitrogens is 1. The molecule has 0 fully saturated rings. The van der Waals surface area contributed by atoms with E-state index in [9.17, 15) is 4.79 Å². The summed E-state index contributed by atoms with van der Waals surface area (Å²) in [5.41, 5.74) is 4.21. The molecule has 128 valence electrons. The number of likely N-dealkylation sites (N-methyl/N-ethyl adjacent to an activating group) is 1. The molecule has 3 rings (SSSR count).